The molecule has 0 saturated carbocycles. The van der Waals surface area contributed by atoms with Gasteiger partial charge in [-0.25, -0.2) is 0 Å². The van der Waals surface area contributed by atoms with Crippen LogP contribution in [0, 0.1) is 0 Å². The minimum Gasteiger partial charge on any atom is -0.310 e. The average molecular weight is 183 g/mol. The summed E-state index contributed by atoms with van der Waals surface area (Å²) in [6.07, 6.45) is 0.841. The highest BCUT2D eigenvalue weighted by Gasteiger charge is 2.16. The first-order valence-electron chi connectivity index (χ1n) is 4.04. The quantitative estimate of drug-likeness (QED) is 0.723. The van der Waals surface area contributed by atoms with E-state index in [9.17, 15) is 4.79 Å². The highest BCUT2D eigenvalue weighted by atomic mass is 32.1. The van der Waals surface area contributed by atoms with E-state index in [1.54, 1.807) is 0 Å². The van der Waals surface area contributed by atoms with E-state index < -0.39 is 0 Å². The maximum Gasteiger partial charge on any atom is 0.189 e. The van der Waals surface area contributed by atoms with Crippen molar-refractivity contribution in [2.45, 2.75) is 19.4 Å². The smallest absolute Gasteiger partial charge is 0.189 e. The lowest BCUT2D eigenvalue weighted by atomic mass is 10.1. The van der Waals surface area contributed by atoms with Crippen molar-refractivity contribution in [3.63, 3.8) is 0 Å². The van der Waals surface area contributed by atoms with E-state index in [1.165, 1.54) is 11.3 Å². The standard InChI is InChI=1S/C9H13NOS/c1-3-7(10-2)9(11)8-5-4-6-12-8/h4-7,10H,3H2,1-2H3. The van der Waals surface area contributed by atoms with Gasteiger partial charge in [0.2, 0.25) is 0 Å². The molecule has 0 amide bonds. The molecular formula is C9H13NOS. The summed E-state index contributed by atoms with van der Waals surface area (Å²) in [4.78, 5) is 12.5. The van der Waals surface area contributed by atoms with Crippen LogP contribution in [0.5, 0.6) is 0 Å². The molecule has 0 aromatic carbocycles. The Kier molecular flexibility index (Phi) is 3.44. The first-order valence-corrected chi connectivity index (χ1v) is 4.92. The van der Waals surface area contributed by atoms with E-state index in [1.807, 2.05) is 31.5 Å². The normalized spacial score (nSPS) is 12.8. The molecular weight excluding hydrogens is 170 g/mol. The monoisotopic (exact) mass is 183 g/mol. The average Bonchev–Trinajstić information content (AvgIpc) is 2.58. The Labute approximate surface area is 76.6 Å². The summed E-state index contributed by atoms with van der Waals surface area (Å²) >= 11 is 1.50. The lowest BCUT2D eigenvalue weighted by Crippen LogP contribution is -2.32. The van der Waals surface area contributed by atoms with Gasteiger partial charge in [-0.3, -0.25) is 4.79 Å². The van der Waals surface area contributed by atoms with Gasteiger partial charge in [-0.2, -0.15) is 0 Å². The molecule has 0 aliphatic rings. The van der Waals surface area contributed by atoms with Gasteiger partial charge in [0.25, 0.3) is 0 Å². The van der Waals surface area contributed by atoms with Crippen molar-refractivity contribution in [2.24, 2.45) is 0 Å². The van der Waals surface area contributed by atoms with Crippen LogP contribution in [0.3, 0.4) is 0 Å². The van der Waals surface area contributed by atoms with Gasteiger partial charge in [0.1, 0.15) is 0 Å². The van der Waals surface area contributed by atoms with Crippen LogP contribution in [0.1, 0.15) is 23.0 Å². The third kappa shape index (κ3) is 1.93. The van der Waals surface area contributed by atoms with Gasteiger partial charge >= 0.3 is 0 Å². The molecule has 1 aromatic heterocycles. The molecule has 0 saturated heterocycles. The third-order valence-electron chi connectivity index (χ3n) is 1.84. The van der Waals surface area contributed by atoms with Crippen molar-refractivity contribution >= 4 is 17.1 Å². The lowest BCUT2D eigenvalue weighted by Gasteiger charge is -2.10. The summed E-state index contributed by atoms with van der Waals surface area (Å²) in [6, 6.07) is 3.75. The number of hydrogen-bond donors (Lipinski definition) is 1. The fraction of sp³-hybridized carbons (Fsp3) is 0.444. The second-order valence-electron chi connectivity index (χ2n) is 2.59. The molecule has 3 heteroatoms. The van der Waals surface area contributed by atoms with Crippen LogP contribution in [0.2, 0.25) is 0 Å². The van der Waals surface area contributed by atoms with Crippen LogP contribution in [0.4, 0.5) is 0 Å². The van der Waals surface area contributed by atoms with E-state index in [4.69, 9.17) is 0 Å². The molecule has 0 bridgehead atoms. The topological polar surface area (TPSA) is 29.1 Å². The van der Waals surface area contributed by atoms with Crippen molar-refractivity contribution in [1.29, 1.82) is 0 Å². The zero-order valence-electron chi connectivity index (χ0n) is 7.33. The Morgan fingerprint density at radius 2 is 2.50 bits per heavy atom. The van der Waals surface area contributed by atoms with Crippen LogP contribution in [-0.4, -0.2) is 18.9 Å². The lowest BCUT2D eigenvalue weighted by molar-refractivity contribution is 0.0949. The molecule has 0 radical (unpaired) electrons. The van der Waals surface area contributed by atoms with E-state index in [-0.39, 0.29) is 11.8 Å². The van der Waals surface area contributed by atoms with Crippen LogP contribution < -0.4 is 5.32 Å². The Bertz CT molecular complexity index is 239. The summed E-state index contributed by atoms with van der Waals surface area (Å²) in [7, 11) is 1.82. The van der Waals surface area contributed by atoms with Crippen molar-refractivity contribution in [2.75, 3.05) is 7.05 Å². The zero-order chi connectivity index (χ0) is 8.97. The van der Waals surface area contributed by atoms with Gasteiger partial charge < -0.3 is 5.32 Å². The maximum absolute atomic E-state index is 11.6. The van der Waals surface area contributed by atoms with Gasteiger partial charge in [-0.05, 0) is 24.9 Å². The summed E-state index contributed by atoms with van der Waals surface area (Å²) in [5, 5.41) is 4.92. The number of likely N-dealkylation sites (N-methyl/N-ethyl adjacent to an activating group) is 1. The minimum absolute atomic E-state index is 0.0244. The number of Topliss-reactive ketones (excluding diaryl/α,β-unsaturated/α-hetero) is 1. The number of carbonyl (C=O) groups excluding carboxylic acids is 1. The molecule has 1 atom stereocenters. The van der Waals surface area contributed by atoms with E-state index in [0.29, 0.717) is 0 Å². The van der Waals surface area contributed by atoms with Crippen LogP contribution in [0.25, 0.3) is 0 Å². The first kappa shape index (κ1) is 9.42. The third-order valence-corrected chi connectivity index (χ3v) is 2.72. The predicted octanol–water partition coefficient (Wildman–Crippen LogP) is 1.93. The van der Waals surface area contributed by atoms with Crippen molar-refractivity contribution in [3.05, 3.63) is 22.4 Å². The molecule has 1 aromatic rings. The molecule has 0 aliphatic heterocycles. The van der Waals surface area contributed by atoms with Crippen molar-refractivity contribution in [1.82, 2.24) is 5.32 Å². The Balaban J connectivity index is 2.70. The first-order chi connectivity index (χ1) is 5.79. The zero-order valence-corrected chi connectivity index (χ0v) is 8.15. The number of ketones is 1. The van der Waals surface area contributed by atoms with Gasteiger partial charge in [-0.1, -0.05) is 13.0 Å². The molecule has 0 aliphatic carbocycles. The fourth-order valence-corrected chi connectivity index (χ4v) is 1.83. The summed E-state index contributed by atoms with van der Waals surface area (Å²) in [5.74, 6) is 0.204. The molecule has 1 heterocycles. The molecule has 0 spiro atoms. The number of carbonyl (C=O) groups is 1. The molecule has 66 valence electrons. The van der Waals surface area contributed by atoms with Crippen LogP contribution >= 0.6 is 11.3 Å². The molecule has 1 unspecified atom stereocenters. The molecule has 1 rings (SSSR count). The van der Waals surface area contributed by atoms with E-state index in [2.05, 4.69) is 5.32 Å². The number of thiophene rings is 1. The van der Waals surface area contributed by atoms with Crippen LogP contribution in [0.15, 0.2) is 17.5 Å². The molecule has 12 heavy (non-hydrogen) atoms. The predicted molar refractivity (Wildman–Crippen MR) is 51.8 cm³/mol. The second-order valence-corrected chi connectivity index (χ2v) is 3.54. The largest absolute Gasteiger partial charge is 0.310 e. The fourth-order valence-electron chi connectivity index (χ4n) is 1.11. The van der Waals surface area contributed by atoms with Gasteiger partial charge in [0, 0.05) is 0 Å². The minimum atomic E-state index is -0.0244. The van der Waals surface area contributed by atoms with E-state index >= 15 is 0 Å². The Morgan fingerprint density at radius 1 is 1.75 bits per heavy atom. The summed E-state index contributed by atoms with van der Waals surface area (Å²) in [5.41, 5.74) is 0. The molecule has 0 fully saturated rings. The Hall–Kier alpha value is -0.670. The second kappa shape index (κ2) is 4.38. The highest BCUT2D eigenvalue weighted by Crippen LogP contribution is 2.12. The van der Waals surface area contributed by atoms with E-state index in [0.717, 1.165) is 11.3 Å². The highest BCUT2D eigenvalue weighted by molar-refractivity contribution is 7.12. The Morgan fingerprint density at radius 3 is 2.92 bits per heavy atom. The van der Waals surface area contributed by atoms with Crippen molar-refractivity contribution in [3.8, 4) is 0 Å². The molecule has 1 N–H and O–H groups in total. The number of rotatable bonds is 4. The number of nitrogens with one attached hydrogen (secondary N) is 1. The van der Waals surface area contributed by atoms with Gasteiger partial charge in [-0.15, -0.1) is 11.3 Å². The maximum atomic E-state index is 11.6. The summed E-state index contributed by atoms with van der Waals surface area (Å²) < 4.78 is 0. The SMILES string of the molecule is CCC(NC)C(=O)c1cccs1. The van der Waals surface area contributed by atoms with Crippen molar-refractivity contribution < 1.29 is 4.79 Å². The summed E-state index contributed by atoms with van der Waals surface area (Å²) in [6.45, 7) is 2.01. The van der Waals surface area contributed by atoms with Gasteiger partial charge in [0.15, 0.2) is 5.78 Å². The van der Waals surface area contributed by atoms with Gasteiger partial charge in [0.05, 0.1) is 10.9 Å². The van der Waals surface area contributed by atoms with Crippen LogP contribution in [-0.2, 0) is 0 Å². The molecule has 2 nitrogen and oxygen atoms in total. The number of hydrogen-bond acceptors (Lipinski definition) is 3.